The van der Waals surface area contributed by atoms with E-state index in [0.717, 1.165) is 16.7 Å². The van der Waals surface area contributed by atoms with E-state index in [0.29, 0.717) is 17.5 Å². The van der Waals surface area contributed by atoms with Crippen molar-refractivity contribution in [3.63, 3.8) is 0 Å². The number of aromatic nitrogens is 3. The maximum atomic E-state index is 12.4. The van der Waals surface area contributed by atoms with Crippen LogP contribution in [0, 0.1) is 6.92 Å². The number of hydrogen-bond acceptors (Lipinski definition) is 6. The molecule has 3 aromatic rings. The Balaban J connectivity index is 1.55. The molecule has 0 spiro atoms. The molecule has 1 aromatic heterocycles. The Morgan fingerprint density at radius 1 is 1.17 bits per heavy atom. The molecular weight excluding hydrogens is 412 g/mol. The summed E-state index contributed by atoms with van der Waals surface area (Å²) in [6.45, 7) is -0.544. The molecule has 1 heterocycles. The number of nitrogen functional groups attached to an aromatic ring is 1. The van der Waals surface area contributed by atoms with Crippen molar-refractivity contribution in [3.05, 3.63) is 59.7 Å². The fraction of sp³-hybridized carbons (Fsp3) is 0.250. The summed E-state index contributed by atoms with van der Waals surface area (Å²) in [5, 5.41) is 8.61. The lowest BCUT2D eigenvalue weighted by molar-refractivity contribution is -0.127. The minimum Gasteiger partial charge on any atom is -0.435 e. The lowest BCUT2D eigenvalue weighted by atomic mass is 10.1. The van der Waals surface area contributed by atoms with Gasteiger partial charge in [-0.05, 0) is 24.6 Å². The van der Waals surface area contributed by atoms with E-state index in [9.17, 15) is 13.6 Å². The van der Waals surface area contributed by atoms with Crippen molar-refractivity contribution in [3.8, 4) is 17.1 Å². The average molecular weight is 433 g/mol. The zero-order valence-electron chi connectivity index (χ0n) is 16.5. The lowest BCUT2D eigenvalue weighted by Gasteiger charge is -2.17. The Hall–Kier alpha value is -3.14. The maximum absolute atomic E-state index is 12.4. The Kier molecular flexibility index (Phi) is 6.88. The second-order valence-corrected chi connectivity index (χ2v) is 7.55. The average Bonchev–Trinajstić information content (AvgIpc) is 3.08. The standard InChI is InChI=1S/C20H21F2N5O2S/c1-13-3-7-15(8-4-13)18-24-25-20(27(18)23)30-12-17(28)26(2)11-14-5-9-16(10-6-14)29-19(21)22/h3-10,19H,11-12,23H2,1-2H3. The fourth-order valence-corrected chi connectivity index (χ4v) is 3.45. The van der Waals surface area contributed by atoms with Crippen LogP contribution in [-0.4, -0.2) is 45.1 Å². The summed E-state index contributed by atoms with van der Waals surface area (Å²) in [5.41, 5.74) is 2.76. The van der Waals surface area contributed by atoms with Crippen LogP contribution in [0.15, 0.2) is 53.7 Å². The van der Waals surface area contributed by atoms with Gasteiger partial charge in [-0.2, -0.15) is 8.78 Å². The summed E-state index contributed by atoms with van der Waals surface area (Å²) in [6, 6.07) is 13.9. The van der Waals surface area contributed by atoms with E-state index >= 15 is 0 Å². The topological polar surface area (TPSA) is 86.3 Å². The third-order valence-electron chi connectivity index (χ3n) is 4.29. The summed E-state index contributed by atoms with van der Waals surface area (Å²) in [5.74, 6) is 6.68. The molecule has 0 aliphatic carbocycles. The van der Waals surface area contributed by atoms with E-state index in [1.807, 2.05) is 31.2 Å². The Bertz CT molecular complexity index is 993. The number of benzene rings is 2. The quantitative estimate of drug-likeness (QED) is 0.433. The highest BCUT2D eigenvalue weighted by molar-refractivity contribution is 7.99. The monoisotopic (exact) mass is 433 g/mol. The number of nitrogens with two attached hydrogens (primary N) is 1. The van der Waals surface area contributed by atoms with Gasteiger partial charge >= 0.3 is 6.61 Å². The summed E-state index contributed by atoms with van der Waals surface area (Å²) in [7, 11) is 1.66. The minimum atomic E-state index is -2.87. The fourth-order valence-electron chi connectivity index (χ4n) is 2.65. The van der Waals surface area contributed by atoms with Crippen molar-refractivity contribution < 1.29 is 18.3 Å². The highest BCUT2D eigenvalue weighted by Crippen LogP contribution is 2.22. The van der Waals surface area contributed by atoms with Gasteiger partial charge in [-0.1, -0.05) is 53.7 Å². The molecule has 0 fully saturated rings. The number of aryl methyl sites for hydroxylation is 1. The third-order valence-corrected chi connectivity index (χ3v) is 5.22. The van der Waals surface area contributed by atoms with Crippen molar-refractivity contribution in [2.75, 3.05) is 18.6 Å². The first-order chi connectivity index (χ1) is 14.3. The number of nitrogens with zero attached hydrogens (tertiary/aromatic N) is 4. The molecule has 158 valence electrons. The predicted molar refractivity (Wildman–Crippen MR) is 111 cm³/mol. The molecular formula is C20H21F2N5O2S. The highest BCUT2D eigenvalue weighted by Gasteiger charge is 2.16. The highest BCUT2D eigenvalue weighted by atomic mass is 32.2. The molecule has 0 aliphatic rings. The van der Waals surface area contributed by atoms with Crippen LogP contribution in [-0.2, 0) is 11.3 Å². The molecule has 0 aliphatic heterocycles. The van der Waals surface area contributed by atoms with Gasteiger partial charge in [0.05, 0.1) is 5.75 Å². The molecule has 0 saturated carbocycles. The molecule has 0 bridgehead atoms. The molecule has 30 heavy (non-hydrogen) atoms. The van der Waals surface area contributed by atoms with Gasteiger partial charge in [0.25, 0.3) is 0 Å². The van der Waals surface area contributed by atoms with Crippen LogP contribution in [0.3, 0.4) is 0 Å². The van der Waals surface area contributed by atoms with Gasteiger partial charge in [0, 0.05) is 19.2 Å². The van der Waals surface area contributed by atoms with Gasteiger partial charge in [-0.25, -0.2) is 4.68 Å². The van der Waals surface area contributed by atoms with Crippen molar-refractivity contribution in [1.29, 1.82) is 0 Å². The Morgan fingerprint density at radius 2 is 1.83 bits per heavy atom. The largest absolute Gasteiger partial charge is 0.435 e. The zero-order chi connectivity index (χ0) is 21.7. The number of halogens is 2. The number of rotatable bonds is 8. The molecule has 0 radical (unpaired) electrons. The maximum Gasteiger partial charge on any atom is 0.387 e. The number of carbonyl (C=O) groups excluding carboxylic acids is 1. The molecule has 10 heteroatoms. The molecule has 2 aromatic carbocycles. The summed E-state index contributed by atoms with van der Waals surface area (Å²) in [4.78, 5) is 14.0. The number of carbonyl (C=O) groups is 1. The second kappa shape index (κ2) is 9.57. The SMILES string of the molecule is Cc1ccc(-c2nnc(SCC(=O)N(C)Cc3ccc(OC(F)F)cc3)n2N)cc1. The summed E-state index contributed by atoms with van der Waals surface area (Å²) >= 11 is 1.19. The van der Waals surface area contributed by atoms with Crippen molar-refractivity contribution in [2.24, 2.45) is 0 Å². The van der Waals surface area contributed by atoms with Crippen molar-refractivity contribution in [2.45, 2.75) is 25.2 Å². The van der Waals surface area contributed by atoms with Gasteiger partial charge in [-0.3, -0.25) is 4.79 Å². The van der Waals surface area contributed by atoms with E-state index in [2.05, 4.69) is 14.9 Å². The second-order valence-electron chi connectivity index (χ2n) is 6.60. The summed E-state index contributed by atoms with van der Waals surface area (Å²) in [6.07, 6.45) is 0. The van der Waals surface area contributed by atoms with E-state index in [4.69, 9.17) is 5.84 Å². The third kappa shape index (κ3) is 5.47. The van der Waals surface area contributed by atoms with E-state index < -0.39 is 6.61 Å². The number of thioether (sulfide) groups is 1. The molecule has 0 atom stereocenters. The predicted octanol–water partition coefficient (Wildman–Crippen LogP) is 3.32. The number of hydrogen-bond donors (Lipinski definition) is 1. The van der Waals surface area contributed by atoms with Crippen LogP contribution in [0.2, 0.25) is 0 Å². The van der Waals surface area contributed by atoms with Gasteiger partial charge in [-0.15, -0.1) is 10.2 Å². The van der Waals surface area contributed by atoms with Crippen LogP contribution in [0.4, 0.5) is 8.78 Å². The van der Waals surface area contributed by atoms with Gasteiger partial charge in [0.1, 0.15) is 5.75 Å². The molecule has 0 unspecified atom stereocenters. The first-order valence-corrected chi connectivity index (χ1v) is 10.00. The van der Waals surface area contributed by atoms with Crippen LogP contribution < -0.4 is 10.6 Å². The van der Waals surface area contributed by atoms with E-state index in [1.165, 1.54) is 33.5 Å². The van der Waals surface area contributed by atoms with Crippen LogP contribution in [0.25, 0.3) is 11.4 Å². The molecule has 7 nitrogen and oxygen atoms in total. The molecule has 1 amide bonds. The first-order valence-electron chi connectivity index (χ1n) is 9.01. The summed E-state index contributed by atoms with van der Waals surface area (Å²) < 4.78 is 30.1. The minimum absolute atomic E-state index is 0.0740. The zero-order valence-corrected chi connectivity index (χ0v) is 17.3. The van der Waals surface area contributed by atoms with Gasteiger partial charge in [0.15, 0.2) is 5.82 Å². The molecule has 0 saturated heterocycles. The Morgan fingerprint density at radius 3 is 2.47 bits per heavy atom. The lowest BCUT2D eigenvalue weighted by Crippen LogP contribution is -2.28. The first kappa shape index (κ1) is 21.6. The molecule has 2 N–H and O–H groups in total. The number of alkyl halides is 2. The van der Waals surface area contributed by atoms with Crippen molar-refractivity contribution >= 4 is 17.7 Å². The van der Waals surface area contributed by atoms with Crippen LogP contribution in [0.5, 0.6) is 5.75 Å². The van der Waals surface area contributed by atoms with Gasteiger partial charge in [0.2, 0.25) is 11.1 Å². The molecule has 3 rings (SSSR count). The number of amides is 1. The smallest absolute Gasteiger partial charge is 0.387 e. The number of ether oxygens (including phenoxy) is 1. The van der Waals surface area contributed by atoms with E-state index in [1.54, 1.807) is 19.2 Å². The normalized spacial score (nSPS) is 11.0. The van der Waals surface area contributed by atoms with Crippen LogP contribution in [0.1, 0.15) is 11.1 Å². The van der Waals surface area contributed by atoms with Crippen molar-refractivity contribution in [1.82, 2.24) is 19.8 Å². The van der Waals surface area contributed by atoms with Crippen LogP contribution >= 0.6 is 11.8 Å². The van der Waals surface area contributed by atoms with Gasteiger partial charge < -0.3 is 15.5 Å². The Labute approximate surface area is 176 Å². The van der Waals surface area contributed by atoms with E-state index in [-0.39, 0.29) is 17.4 Å².